The molecule has 0 aliphatic carbocycles. The minimum atomic E-state index is -0.876. The monoisotopic (exact) mass is 156 g/mol. The van der Waals surface area contributed by atoms with E-state index in [4.69, 9.17) is 17.7 Å². The van der Waals surface area contributed by atoms with Gasteiger partial charge in [0.25, 0.3) is 0 Å². The largest absolute Gasteiger partial charge is 0.393 e. The molecule has 0 amide bonds. The highest BCUT2D eigenvalue weighted by atomic mass is 16.5. The van der Waals surface area contributed by atoms with Gasteiger partial charge in [-0.15, -0.1) is 0 Å². The first kappa shape index (κ1) is 9.04. The average molecular weight is 156 g/mol. The molecule has 62 valence electrons. The van der Waals surface area contributed by atoms with Crippen LogP contribution in [-0.2, 0) is 4.74 Å². The van der Waals surface area contributed by atoms with Gasteiger partial charge in [-0.05, 0) is 6.92 Å². The second-order valence-electron chi connectivity index (χ2n) is 3.36. The van der Waals surface area contributed by atoms with E-state index in [9.17, 15) is 5.11 Å². The summed E-state index contributed by atoms with van der Waals surface area (Å²) in [6.45, 7) is 3.25. The third kappa shape index (κ3) is 1.30. The molecule has 4 atom stereocenters. The third-order valence-electron chi connectivity index (χ3n) is 2.36. The van der Waals surface area contributed by atoms with Crippen LogP contribution in [0.2, 0.25) is 0 Å². The summed E-state index contributed by atoms with van der Waals surface area (Å²) in [7, 11) is 5.53. The zero-order chi connectivity index (χ0) is 8.65. The highest BCUT2D eigenvalue weighted by molar-refractivity contribution is 6.11. The van der Waals surface area contributed by atoms with Crippen molar-refractivity contribution >= 4 is 7.85 Å². The molecule has 0 saturated carbocycles. The number of aliphatic hydroxyl groups excluding tert-OH is 2. The van der Waals surface area contributed by atoms with Crippen LogP contribution in [0.5, 0.6) is 0 Å². The molecule has 1 fully saturated rings. The van der Waals surface area contributed by atoms with Gasteiger partial charge < -0.3 is 14.9 Å². The maximum Gasteiger partial charge on any atom is 0.114 e. The summed E-state index contributed by atoms with van der Waals surface area (Å²) in [5.41, 5.74) is -0.876. The van der Waals surface area contributed by atoms with Crippen molar-refractivity contribution in [2.45, 2.75) is 31.6 Å². The van der Waals surface area contributed by atoms with E-state index in [2.05, 4.69) is 0 Å². The van der Waals surface area contributed by atoms with E-state index in [0.29, 0.717) is 0 Å². The Morgan fingerprint density at radius 1 is 1.64 bits per heavy atom. The molecule has 0 aromatic carbocycles. The summed E-state index contributed by atoms with van der Waals surface area (Å²) in [4.78, 5) is 0. The number of rotatable bonds is 1. The fourth-order valence-electron chi connectivity index (χ4n) is 1.35. The van der Waals surface area contributed by atoms with E-state index in [1.165, 1.54) is 0 Å². The standard InChI is InChI=1S/C7H13BO3/c1-4-5(10)7(2,3-9)11-6(4)8/h4-6,9-10H,3H2,1-2H3/t4-,5?,6+,7+/m0/s1. The second-order valence-corrected chi connectivity index (χ2v) is 3.36. The molecule has 1 heterocycles. The van der Waals surface area contributed by atoms with Crippen LogP contribution in [-0.4, -0.2) is 42.4 Å². The van der Waals surface area contributed by atoms with Gasteiger partial charge in [-0.1, -0.05) is 6.92 Å². The maximum absolute atomic E-state index is 9.52. The Balaban J connectivity index is 2.73. The summed E-state index contributed by atoms with van der Waals surface area (Å²) in [5.74, 6) is -0.118. The molecule has 0 spiro atoms. The van der Waals surface area contributed by atoms with Gasteiger partial charge in [-0.3, -0.25) is 0 Å². The summed E-state index contributed by atoms with van der Waals surface area (Å²) in [5, 5.41) is 18.4. The van der Waals surface area contributed by atoms with Gasteiger partial charge in [0, 0.05) is 11.9 Å². The van der Waals surface area contributed by atoms with E-state index in [1.807, 2.05) is 0 Å². The summed E-state index contributed by atoms with van der Waals surface area (Å²) >= 11 is 0. The van der Waals surface area contributed by atoms with E-state index >= 15 is 0 Å². The summed E-state index contributed by atoms with van der Waals surface area (Å²) < 4.78 is 5.20. The molecule has 11 heavy (non-hydrogen) atoms. The predicted molar refractivity (Wildman–Crippen MR) is 41.3 cm³/mol. The lowest BCUT2D eigenvalue weighted by molar-refractivity contribution is -0.0847. The lowest BCUT2D eigenvalue weighted by atomic mass is 9.84. The molecule has 2 radical (unpaired) electrons. The predicted octanol–water partition coefficient (Wildman–Crippen LogP) is -0.741. The molecule has 0 bridgehead atoms. The maximum atomic E-state index is 9.52. The molecule has 2 N–H and O–H groups in total. The quantitative estimate of drug-likeness (QED) is 0.491. The van der Waals surface area contributed by atoms with E-state index in [0.717, 1.165) is 0 Å². The molecule has 3 nitrogen and oxygen atoms in total. The van der Waals surface area contributed by atoms with Crippen LogP contribution in [0.4, 0.5) is 0 Å². The van der Waals surface area contributed by atoms with Crippen LogP contribution in [0.25, 0.3) is 0 Å². The van der Waals surface area contributed by atoms with Gasteiger partial charge in [0.05, 0.1) is 12.7 Å². The van der Waals surface area contributed by atoms with Crippen molar-refractivity contribution in [1.29, 1.82) is 0 Å². The third-order valence-corrected chi connectivity index (χ3v) is 2.36. The average Bonchev–Trinajstić information content (AvgIpc) is 2.17. The molecule has 1 aliphatic heterocycles. The Labute approximate surface area is 67.8 Å². The van der Waals surface area contributed by atoms with Crippen molar-refractivity contribution in [3.05, 3.63) is 0 Å². The Morgan fingerprint density at radius 2 is 2.18 bits per heavy atom. The van der Waals surface area contributed by atoms with Crippen molar-refractivity contribution in [2.24, 2.45) is 5.92 Å². The normalized spacial score (nSPS) is 51.5. The number of ether oxygens (including phenoxy) is 1. The van der Waals surface area contributed by atoms with Crippen LogP contribution >= 0.6 is 0 Å². The van der Waals surface area contributed by atoms with Gasteiger partial charge in [-0.25, -0.2) is 0 Å². The van der Waals surface area contributed by atoms with Crippen LogP contribution < -0.4 is 0 Å². The van der Waals surface area contributed by atoms with Gasteiger partial charge in [0.15, 0.2) is 0 Å². The summed E-state index contributed by atoms with van der Waals surface area (Å²) in [6.07, 6.45) is -0.678. The van der Waals surface area contributed by atoms with Crippen molar-refractivity contribution in [3.8, 4) is 0 Å². The zero-order valence-corrected chi connectivity index (χ0v) is 6.82. The Morgan fingerprint density at radius 3 is 2.36 bits per heavy atom. The Bertz CT molecular complexity index is 153. The topological polar surface area (TPSA) is 49.7 Å². The second kappa shape index (κ2) is 2.77. The van der Waals surface area contributed by atoms with E-state index in [1.54, 1.807) is 13.8 Å². The van der Waals surface area contributed by atoms with Crippen LogP contribution in [0, 0.1) is 5.92 Å². The molecular formula is C7H13BO3. The van der Waals surface area contributed by atoms with Crippen molar-refractivity contribution in [2.75, 3.05) is 6.61 Å². The van der Waals surface area contributed by atoms with Crippen molar-refractivity contribution in [3.63, 3.8) is 0 Å². The molecule has 4 heteroatoms. The van der Waals surface area contributed by atoms with Crippen LogP contribution in [0.3, 0.4) is 0 Å². The number of hydrogen-bond acceptors (Lipinski definition) is 3. The van der Waals surface area contributed by atoms with Gasteiger partial charge in [0.1, 0.15) is 13.4 Å². The molecule has 1 aliphatic rings. The summed E-state index contributed by atoms with van der Waals surface area (Å²) in [6, 6.07) is -0.470. The van der Waals surface area contributed by atoms with Crippen LogP contribution in [0.15, 0.2) is 0 Å². The van der Waals surface area contributed by atoms with Crippen molar-refractivity contribution < 1.29 is 14.9 Å². The number of hydrogen-bond donors (Lipinski definition) is 2. The first-order valence-corrected chi connectivity index (χ1v) is 3.73. The minimum Gasteiger partial charge on any atom is -0.393 e. The fraction of sp³-hybridized carbons (Fsp3) is 1.00. The molecule has 0 aromatic rings. The zero-order valence-electron chi connectivity index (χ0n) is 6.82. The Kier molecular flexibility index (Phi) is 2.28. The van der Waals surface area contributed by atoms with Crippen LogP contribution in [0.1, 0.15) is 13.8 Å². The number of aliphatic hydroxyl groups is 2. The smallest absolute Gasteiger partial charge is 0.114 e. The molecule has 0 aromatic heterocycles. The molecule has 1 unspecified atom stereocenters. The Hall–Kier alpha value is -0.0551. The first-order valence-electron chi connectivity index (χ1n) is 3.73. The van der Waals surface area contributed by atoms with E-state index in [-0.39, 0.29) is 12.5 Å². The van der Waals surface area contributed by atoms with Gasteiger partial charge in [-0.2, -0.15) is 0 Å². The lowest BCUT2D eigenvalue weighted by Gasteiger charge is -2.25. The lowest BCUT2D eigenvalue weighted by Crippen LogP contribution is -2.41. The molecule has 1 rings (SSSR count). The first-order chi connectivity index (χ1) is 5.01. The van der Waals surface area contributed by atoms with Gasteiger partial charge >= 0.3 is 0 Å². The minimum absolute atomic E-state index is 0.118. The molecule has 1 saturated heterocycles. The van der Waals surface area contributed by atoms with Gasteiger partial charge in [0.2, 0.25) is 0 Å². The van der Waals surface area contributed by atoms with Crippen molar-refractivity contribution in [1.82, 2.24) is 0 Å². The highest BCUT2D eigenvalue weighted by Crippen LogP contribution is 2.33. The fourth-order valence-corrected chi connectivity index (χ4v) is 1.35. The SMILES string of the molecule is [B][C@@H]1O[C@](C)(CO)C(O)[C@@H]1C. The van der Waals surface area contributed by atoms with E-state index < -0.39 is 17.7 Å². The molecular weight excluding hydrogens is 143 g/mol. The highest BCUT2D eigenvalue weighted by Gasteiger charge is 2.46.